The first kappa shape index (κ1) is 13.0. The summed E-state index contributed by atoms with van der Waals surface area (Å²) < 4.78 is 1.70. The fourth-order valence-corrected chi connectivity index (χ4v) is 2.79. The number of rotatable bonds is 2. The van der Waals surface area contributed by atoms with Gasteiger partial charge in [-0.1, -0.05) is 42.5 Å². The Balaban J connectivity index is 1.65. The van der Waals surface area contributed by atoms with Gasteiger partial charge in [0.25, 0.3) is 0 Å². The van der Waals surface area contributed by atoms with Crippen molar-refractivity contribution in [2.24, 2.45) is 0 Å². The molecule has 0 aliphatic heterocycles. The number of nitrogens with one attached hydrogen (secondary N) is 1. The van der Waals surface area contributed by atoms with Crippen LogP contribution in [0, 0.1) is 0 Å². The minimum absolute atomic E-state index is 0.600. The summed E-state index contributed by atoms with van der Waals surface area (Å²) in [5.74, 6) is 0.600. The normalized spacial score (nSPS) is 11.3. The third-order valence-corrected chi connectivity index (χ3v) is 3.97. The van der Waals surface area contributed by atoms with Crippen molar-refractivity contribution in [3.8, 4) is 22.8 Å². The van der Waals surface area contributed by atoms with Crippen molar-refractivity contribution in [2.45, 2.75) is 0 Å². The number of hydrogen-bond donors (Lipinski definition) is 1. The van der Waals surface area contributed by atoms with Crippen molar-refractivity contribution in [2.75, 3.05) is 0 Å². The second-order valence-corrected chi connectivity index (χ2v) is 5.50. The molecule has 0 aliphatic carbocycles. The lowest BCUT2D eigenvalue weighted by Gasteiger charge is -1.96. The fourth-order valence-electron chi connectivity index (χ4n) is 2.79. The van der Waals surface area contributed by atoms with Crippen molar-refractivity contribution in [1.82, 2.24) is 29.8 Å². The maximum absolute atomic E-state index is 4.66. The van der Waals surface area contributed by atoms with Crippen LogP contribution in [0.1, 0.15) is 0 Å². The Kier molecular flexibility index (Phi) is 2.69. The molecule has 24 heavy (non-hydrogen) atoms. The Bertz CT molecular complexity index is 1160. The molecule has 5 rings (SSSR count). The molecule has 0 saturated heterocycles. The van der Waals surface area contributed by atoms with Gasteiger partial charge in [0.05, 0.1) is 11.2 Å². The maximum atomic E-state index is 4.66. The molecule has 0 saturated carbocycles. The van der Waals surface area contributed by atoms with Crippen LogP contribution in [0.3, 0.4) is 0 Å². The monoisotopic (exact) mass is 312 g/mol. The lowest BCUT2D eigenvalue weighted by Crippen LogP contribution is -1.90. The van der Waals surface area contributed by atoms with E-state index in [-0.39, 0.29) is 0 Å². The van der Waals surface area contributed by atoms with E-state index in [4.69, 9.17) is 0 Å². The van der Waals surface area contributed by atoms with Crippen molar-refractivity contribution in [1.29, 1.82) is 0 Å². The summed E-state index contributed by atoms with van der Waals surface area (Å²) in [6.07, 6.45) is 1.68. The molecule has 0 radical (unpaired) electrons. The predicted octanol–water partition coefficient (Wildman–Crippen LogP) is 3.33. The minimum atomic E-state index is 0.600. The highest BCUT2D eigenvalue weighted by molar-refractivity contribution is 5.91. The van der Waals surface area contributed by atoms with E-state index in [2.05, 4.69) is 25.3 Å². The largest absolute Gasteiger partial charge is 0.274 e. The number of nitrogens with zero attached hydrogens (tertiary/aromatic N) is 5. The highest BCUT2D eigenvalue weighted by atomic mass is 15.3. The zero-order valence-electron chi connectivity index (χ0n) is 12.6. The number of fused-ring (bicyclic) bond motifs is 3. The van der Waals surface area contributed by atoms with Crippen LogP contribution < -0.4 is 0 Å². The minimum Gasteiger partial charge on any atom is -0.274 e. The summed E-state index contributed by atoms with van der Waals surface area (Å²) in [5, 5.41) is 12.9. The molecule has 6 heteroatoms. The van der Waals surface area contributed by atoms with Crippen molar-refractivity contribution in [3.05, 3.63) is 67.0 Å². The average Bonchev–Trinajstić information content (AvgIpc) is 3.29. The first-order chi connectivity index (χ1) is 11.9. The van der Waals surface area contributed by atoms with Gasteiger partial charge in [-0.05, 0) is 18.2 Å². The summed E-state index contributed by atoms with van der Waals surface area (Å²) in [6, 6.07) is 19.9. The molecule has 0 fully saturated rings. The number of para-hydroxylation sites is 1. The second kappa shape index (κ2) is 4.99. The van der Waals surface area contributed by atoms with Gasteiger partial charge in [-0.25, -0.2) is 14.5 Å². The SMILES string of the molecule is c1ccc(-c2cc(-c3nc4c5ccccc5ncn4n3)[nH]n2)cc1. The van der Waals surface area contributed by atoms with Gasteiger partial charge < -0.3 is 0 Å². The first-order valence-corrected chi connectivity index (χ1v) is 7.60. The van der Waals surface area contributed by atoms with Gasteiger partial charge in [0.1, 0.15) is 12.0 Å². The Labute approximate surface area is 136 Å². The van der Waals surface area contributed by atoms with Gasteiger partial charge in [0.2, 0.25) is 0 Å². The van der Waals surface area contributed by atoms with E-state index in [9.17, 15) is 0 Å². The van der Waals surface area contributed by atoms with E-state index in [1.165, 1.54) is 0 Å². The van der Waals surface area contributed by atoms with E-state index < -0.39 is 0 Å². The predicted molar refractivity (Wildman–Crippen MR) is 91.3 cm³/mol. The standard InChI is InChI=1S/C18H12N6/c1-2-6-12(7-3-1)15-10-16(22-21-15)17-20-18-13-8-4-5-9-14(13)19-11-24(18)23-17/h1-11H,(H,21,22). The van der Waals surface area contributed by atoms with Crippen LogP contribution >= 0.6 is 0 Å². The summed E-state index contributed by atoms with van der Waals surface area (Å²) in [7, 11) is 0. The molecule has 5 aromatic rings. The number of H-pyrrole nitrogens is 1. The van der Waals surface area contributed by atoms with Crippen LogP contribution in [0.15, 0.2) is 67.0 Å². The lowest BCUT2D eigenvalue weighted by atomic mass is 10.1. The van der Waals surface area contributed by atoms with Crippen molar-refractivity contribution >= 4 is 16.6 Å². The van der Waals surface area contributed by atoms with Gasteiger partial charge in [0, 0.05) is 10.9 Å². The van der Waals surface area contributed by atoms with E-state index in [0.29, 0.717) is 5.82 Å². The molecule has 3 heterocycles. The smallest absolute Gasteiger partial charge is 0.200 e. The van der Waals surface area contributed by atoms with E-state index in [0.717, 1.165) is 33.5 Å². The summed E-state index contributed by atoms with van der Waals surface area (Å²) in [4.78, 5) is 9.06. The molecule has 0 aliphatic rings. The topological polar surface area (TPSA) is 71.8 Å². The summed E-state index contributed by atoms with van der Waals surface area (Å²) in [5.41, 5.74) is 4.38. The Morgan fingerprint density at radius 2 is 1.75 bits per heavy atom. The van der Waals surface area contributed by atoms with Crippen LogP contribution in [-0.4, -0.2) is 29.8 Å². The van der Waals surface area contributed by atoms with E-state index in [1.807, 2.05) is 60.7 Å². The second-order valence-electron chi connectivity index (χ2n) is 5.50. The number of hydrogen-bond acceptors (Lipinski definition) is 4. The third kappa shape index (κ3) is 1.97. The van der Waals surface area contributed by atoms with E-state index in [1.54, 1.807) is 10.8 Å². The molecule has 0 amide bonds. The molecule has 1 N–H and O–H groups in total. The Morgan fingerprint density at radius 3 is 2.67 bits per heavy atom. The Morgan fingerprint density at radius 1 is 0.917 bits per heavy atom. The molecular weight excluding hydrogens is 300 g/mol. The molecule has 6 nitrogen and oxygen atoms in total. The molecule has 2 aromatic carbocycles. The zero-order chi connectivity index (χ0) is 15.9. The van der Waals surface area contributed by atoms with Crippen LogP contribution in [0.2, 0.25) is 0 Å². The molecule has 0 atom stereocenters. The van der Waals surface area contributed by atoms with Crippen LogP contribution in [-0.2, 0) is 0 Å². The first-order valence-electron chi connectivity index (χ1n) is 7.60. The number of aromatic nitrogens is 6. The van der Waals surface area contributed by atoms with Crippen molar-refractivity contribution in [3.63, 3.8) is 0 Å². The van der Waals surface area contributed by atoms with Gasteiger partial charge in [-0.2, -0.15) is 5.10 Å². The highest BCUT2D eigenvalue weighted by Crippen LogP contribution is 2.23. The zero-order valence-corrected chi connectivity index (χ0v) is 12.6. The lowest BCUT2D eigenvalue weighted by molar-refractivity contribution is 0.933. The highest BCUT2D eigenvalue weighted by Gasteiger charge is 2.12. The quantitative estimate of drug-likeness (QED) is 0.542. The van der Waals surface area contributed by atoms with Gasteiger partial charge in [-0.3, -0.25) is 5.10 Å². The third-order valence-electron chi connectivity index (χ3n) is 3.97. The van der Waals surface area contributed by atoms with Gasteiger partial charge in [-0.15, -0.1) is 5.10 Å². The average molecular weight is 312 g/mol. The Hall–Kier alpha value is -3.54. The number of benzene rings is 2. The van der Waals surface area contributed by atoms with Gasteiger partial charge in [0.15, 0.2) is 11.5 Å². The van der Waals surface area contributed by atoms with E-state index >= 15 is 0 Å². The fraction of sp³-hybridized carbons (Fsp3) is 0. The van der Waals surface area contributed by atoms with Crippen molar-refractivity contribution < 1.29 is 0 Å². The molecule has 114 valence electrons. The molecule has 0 bridgehead atoms. The van der Waals surface area contributed by atoms with Gasteiger partial charge >= 0.3 is 0 Å². The van der Waals surface area contributed by atoms with Crippen LogP contribution in [0.5, 0.6) is 0 Å². The molecule has 3 aromatic heterocycles. The van der Waals surface area contributed by atoms with Crippen LogP contribution in [0.25, 0.3) is 39.3 Å². The van der Waals surface area contributed by atoms with Crippen LogP contribution in [0.4, 0.5) is 0 Å². The number of aromatic amines is 1. The summed E-state index contributed by atoms with van der Waals surface area (Å²) >= 11 is 0. The molecule has 0 unspecified atom stereocenters. The summed E-state index contributed by atoms with van der Waals surface area (Å²) in [6.45, 7) is 0. The maximum Gasteiger partial charge on any atom is 0.200 e. The molecule has 0 spiro atoms. The molecular formula is C18H12N6.